The van der Waals surface area contributed by atoms with Crippen molar-refractivity contribution >= 4 is 76.5 Å². The van der Waals surface area contributed by atoms with Gasteiger partial charge in [0.15, 0.2) is 17.7 Å². The van der Waals surface area contributed by atoms with Gasteiger partial charge >= 0.3 is 12.2 Å². The highest BCUT2D eigenvalue weighted by Crippen LogP contribution is 2.49. The number of aliphatic hydroxyl groups is 1. The summed E-state index contributed by atoms with van der Waals surface area (Å²) in [5, 5.41) is 20.5. The molecule has 5 unspecified atom stereocenters. The number of fused-ring (bicyclic) bond motifs is 5. The average molecular weight is 1300 g/mol. The number of hydrogen-bond acceptors (Lipinski definition) is 16. The average Bonchev–Trinajstić information content (AvgIpc) is 1.57. The molecule has 500 valence electrons. The van der Waals surface area contributed by atoms with Crippen LogP contribution in [0, 0.1) is 23.7 Å². The van der Waals surface area contributed by atoms with Gasteiger partial charge in [-0.25, -0.2) is 14.5 Å². The molecule has 0 spiro atoms. The smallest absolute Gasteiger partial charge is 0.416 e. The zero-order chi connectivity index (χ0) is 65.6. The lowest BCUT2D eigenvalue weighted by Gasteiger charge is -2.39. The number of likely N-dealkylation sites (tertiary alicyclic amines) is 2. The SMILES string of the molecule is COc1cc2c(cc1OCCCCCC(=O)N1C[C@@H](CCl)C3C4CC=CC=C4C(OC(=O)N4CCN(C)CC4)=CC31)N(C(=O)OCc1ccc(NC(=O)[C@H](CCCCN)NC(=O)[C@@H](NC(=O)CCCCCN3C(=O)CCC3=O)C(C)C)cc1)C(O)C1CCCN1C2=O. The number of methoxy groups -OCH3 is 1. The van der Waals surface area contributed by atoms with Gasteiger partial charge in [0.2, 0.25) is 35.4 Å². The normalized spacial score (nSPS) is 22.6. The van der Waals surface area contributed by atoms with Gasteiger partial charge in [-0.1, -0.05) is 50.6 Å². The predicted octanol–water partition coefficient (Wildman–Crippen LogP) is 6.58. The number of rotatable bonds is 28. The molecule has 5 aliphatic heterocycles. The number of ether oxygens (including phenoxy) is 4. The molecule has 8 atom stereocenters. The Morgan fingerprint density at radius 2 is 1.58 bits per heavy atom. The maximum absolute atomic E-state index is 14.3. The minimum Gasteiger partial charge on any atom is -0.493 e. The van der Waals surface area contributed by atoms with E-state index in [-0.39, 0.29) is 133 Å². The third-order valence-corrected chi connectivity index (χ3v) is 19.2. The molecule has 9 rings (SSSR count). The number of nitrogens with one attached hydrogen (secondary N) is 3. The van der Waals surface area contributed by atoms with Crippen LogP contribution in [0.3, 0.4) is 0 Å². The molecule has 4 saturated heterocycles. The van der Waals surface area contributed by atoms with Crippen LogP contribution in [0.2, 0.25) is 0 Å². The molecule has 4 fully saturated rings. The van der Waals surface area contributed by atoms with E-state index in [1.54, 1.807) is 47.9 Å². The fourth-order valence-corrected chi connectivity index (χ4v) is 13.9. The lowest BCUT2D eigenvalue weighted by Crippen LogP contribution is -2.54. The molecule has 0 aromatic heterocycles. The second-order valence-electron chi connectivity index (χ2n) is 25.4. The molecule has 7 aliphatic rings. The number of allylic oxidation sites excluding steroid dienone is 4. The van der Waals surface area contributed by atoms with E-state index in [2.05, 4.69) is 26.9 Å². The Hall–Kier alpha value is -7.54. The van der Waals surface area contributed by atoms with Crippen molar-refractivity contribution in [2.45, 2.75) is 154 Å². The van der Waals surface area contributed by atoms with Crippen LogP contribution in [0.25, 0.3) is 0 Å². The summed E-state index contributed by atoms with van der Waals surface area (Å²) in [6, 6.07) is 6.69. The summed E-state index contributed by atoms with van der Waals surface area (Å²) in [5.74, 6) is -0.790. The maximum Gasteiger partial charge on any atom is 0.416 e. The first-order valence-electron chi connectivity index (χ1n) is 32.8. The van der Waals surface area contributed by atoms with Crippen LogP contribution in [0.5, 0.6) is 11.5 Å². The first-order valence-corrected chi connectivity index (χ1v) is 33.3. The highest BCUT2D eigenvalue weighted by Gasteiger charge is 2.51. The summed E-state index contributed by atoms with van der Waals surface area (Å²) in [7, 11) is 3.48. The number of piperazine rings is 1. The number of aliphatic hydroxyl groups excluding tert-OH is 1. The number of benzene rings is 2. The summed E-state index contributed by atoms with van der Waals surface area (Å²) >= 11 is 6.62. The Morgan fingerprint density at radius 3 is 2.29 bits per heavy atom. The summed E-state index contributed by atoms with van der Waals surface area (Å²) in [5.41, 5.74) is 7.88. The molecule has 2 aliphatic carbocycles. The monoisotopic (exact) mass is 1290 g/mol. The van der Waals surface area contributed by atoms with E-state index in [1.165, 1.54) is 24.1 Å². The Bertz CT molecular complexity index is 3100. The lowest BCUT2D eigenvalue weighted by atomic mass is 9.69. The Kier molecular flexibility index (Phi) is 24.2. The summed E-state index contributed by atoms with van der Waals surface area (Å²) in [6.07, 6.45) is 12.9. The minimum atomic E-state index is -1.47. The second-order valence-corrected chi connectivity index (χ2v) is 25.7. The number of imide groups is 1. The number of carbonyl (C=O) groups excluding carboxylic acids is 9. The number of anilines is 2. The molecule has 2 aromatic carbocycles. The van der Waals surface area contributed by atoms with E-state index in [1.807, 2.05) is 30.2 Å². The van der Waals surface area contributed by atoms with E-state index in [0.717, 1.165) is 30.0 Å². The van der Waals surface area contributed by atoms with E-state index < -0.39 is 42.3 Å². The number of amides is 9. The van der Waals surface area contributed by atoms with Crippen molar-refractivity contribution in [3.05, 3.63) is 83.2 Å². The van der Waals surface area contributed by atoms with E-state index in [0.29, 0.717) is 126 Å². The highest BCUT2D eigenvalue weighted by molar-refractivity contribution is 6.18. The third kappa shape index (κ3) is 16.6. The molecule has 92 heavy (non-hydrogen) atoms. The summed E-state index contributed by atoms with van der Waals surface area (Å²) in [4.78, 5) is 130. The van der Waals surface area contributed by atoms with E-state index >= 15 is 0 Å². The van der Waals surface area contributed by atoms with Crippen molar-refractivity contribution in [1.29, 1.82) is 0 Å². The quantitative estimate of drug-likeness (QED) is 0.0341. The summed E-state index contributed by atoms with van der Waals surface area (Å²) in [6.45, 7) is 7.82. The van der Waals surface area contributed by atoms with Gasteiger partial charge < -0.3 is 65.3 Å². The van der Waals surface area contributed by atoms with Gasteiger partial charge in [0.25, 0.3) is 5.91 Å². The third-order valence-electron chi connectivity index (χ3n) is 18.8. The number of likely N-dealkylation sites (N-methyl/N-ethyl adjacent to an activating group) is 1. The standard InChI is InChI=1S/C67H91ClN10O14/c1-42(2)61(72-56(79)20-7-5-13-29-76-58(81)26-27-59(76)82)63(84)71-49(18-11-12-28-69)62(83)70-45-24-22-43(23-25-45)41-91-67(88)78-51-37-55(54(89-4)36-48(51)64(85)75-30-15-19-50(75)65(78)86)90-35-14-6-8-21-57(80)77-40-44(39-68)60-47-17-10-9-16-46(47)53(38-52(60)77)92-66(87)74-33-31-73(3)32-34-74/h9-10,16,22-25,36-38,42,44,47,49-50,52,60-61,65,86H,5-8,11-15,17-21,26-35,39-41,69H2,1-4H3,(H,70,83)(H,71,84)(H,72,79)/t44-,47?,49+,50?,52?,60?,61+,65?/m1/s1. The number of alkyl halides is 1. The molecular weight excluding hydrogens is 1200 g/mol. The van der Waals surface area contributed by atoms with Crippen LogP contribution >= 0.6 is 11.6 Å². The van der Waals surface area contributed by atoms with E-state index in [9.17, 15) is 48.3 Å². The molecule has 5 heterocycles. The highest BCUT2D eigenvalue weighted by atomic mass is 35.5. The van der Waals surface area contributed by atoms with Crippen molar-refractivity contribution in [1.82, 2.24) is 35.1 Å². The molecule has 25 heteroatoms. The van der Waals surface area contributed by atoms with Gasteiger partial charge in [-0.3, -0.25) is 38.5 Å². The molecular formula is C67H91ClN10O14. The maximum atomic E-state index is 14.3. The number of hydrogen-bond donors (Lipinski definition) is 5. The van der Waals surface area contributed by atoms with Crippen LogP contribution in [0.15, 0.2) is 72.0 Å². The molecule has 9 amide bonds. The molecule has 24 nitrogen and oxygen atoms in total. The fourth-order valence-electron chi connectivity index (χ4n) is 13.6. The Morgan fingerprint density at radius 1 is 0.837 bits per heavy atom. The lowest BCUT2D eigenvalue weighted by molar-refractivity contribution is -0.138. The largest absolute Gasteiger partial charge is 0.493 e. The minimum absolute atomic E-state index is 0.00216. The van der Waals surface area contributed by atoms with Crippen LogP contribution in [-0.2, 0) is 44.8 Å². The van der Waals surface area contributed by atoms with Crippen LogP contribution in [0.1, 0.15) is 133 Å². The molecule has 0 bridgehead atoms. The number of unbranched alkanes of at least 4 members (excludes halogenated alkanes) is 5. The van der Waals surface area contributed by atoms with Crippen LogP contribution in [0.4, 0.5) is 21.0 Å². The van der Waals surface area contributed by atoms with Crippen molar-refractivity contribution < 1.29 is 67.2 Å². The second kappa shape index (κ2) is 32.3. The van der Waals surface area contributed by atoms with Gasteiger partial charge in [-0.05, 0) is 143 Å². The van der Waals surface area contributed by atoms with Gasteiger partial charge in [0.05, 0.1) is 37.1 Å². The van der Waals surface area contributed by atoms with Crippen molar-refractivity contribution in [3.8, 4) is 11.5 Å². The predicted molar refractivity (Wildman–Crippen MR) is 343 cm³/mol. The van der Waals surface area contributed by atoms with Crippen LogP contribution in [-0.4, -0.2) is 193 Å². The first-order chi connectivity index (χ1) is 44.4. The molecule has 0 saturated carbocycles. The van der Waals surface area contributed by atoms with Crippen molar-refractivity contribution in [2.24, 2.45) is 29.4 Å². The van der Waals surface area contributed by atoms with Gasteiger partial charge in [-0.15, -0.1) is 11.6 Å². The number of nitrogens with two attached hydrogens (primary N) is 1. The number of halogens is 1. The fraction of sp³-hybridized carbons (Fsp3) is 0.597. The Labute approximate surface area is 543 Å². The zero-order valence-electron chi connectivity index (χ0n) is 53.5. The van der Waals surface area contributed by atoms with Gasteiger partial charge in [-0.2, -0.15) is 0 Å². The zero-order valence-corrected chi connectivity index (χ0v) is 54.2. The first kappa shape index (κ1) is 68.8. The van der Waals surface area contributed by atoms with Gasteiger partial charge in [0.1, 0.15) is 24.4 Å². The molecule has 6 N–H and O–H groups in total. The number of nitrogens with zero attached hydrogens (tertiary/aromatic N) is 6. The molecule has 2 aromatic rings. The Balaban J connectivity index is 0.783. The van der Waals surface area contributed by atoms with E-state index in [4.69, 9.17) is 36.3 Å². The van der Waals surface area contributed by atoms with Crippen molar-refractivity contribution in [2.75, 3.05) is 89.2 Å². The van der Waals surface area contributed by atoms with Gasteiger partial charge in [0, 0.05) is 89.1 Å². The number of carbonyl (C=O) groups is 9. The van der Waals surface area contributed by atoms with Crippen LogP contribution < -0.4 is 36.1 Å². The molecule has 0 radical (unpaired) electrons. The summed E-state index contributed by atoms with van der Waals surface area (Å²) < 4.78 is 24.0. The van der Waals surface area contributed by atoms with Crippen molar-refractivity contribution in [3.63, 3.8) is 0 Å². The topological polar surface area (TPSA) is 292 Å².